The first-order valence-electron chi connectivity index (χ1n) is 13.5. The van der Waals surface area contributed by atoms with Crippen molar-refractivity contribution in [1.82, 2.24) is 26.2 Å². The number of nitrogens with zero attached hydrogens (tertiary/aromatic N) is 1. The largest absolute Gasteiger partial charge is 0.347 e. The van der Waals surface area contributed by atoms with Crippen molar-refractivity contribution < 1.29 is 24.0 Å². The Morgan fingerprint density at radius 2 is 1.64 bits per heavy atom. The molecule has 4 N–H and O–H groups in total. The Morgan fingerprint density at radius 1 is 0.972 bits per heavy atom. The summed E-state index contributed by atoms with van der Waals surface area (Å²) in [6.07, 6.45) is 8.84. The molecule has 0 aromatic carbocycles. The maximum atomic E-state index is 13.6. The van der Waals surface area contributed by atoms with Crippen LogP contribution in [-0.2, 0) is 19.2 Å². The molecule has 5 amide bonds. The minimum atomic E-state index is -0.825. The molecule has 0 radical (unpaired) electrons. The SMILES string of the molecule is CCC1(NC(=O)N[C@H](C(=O)N2CCC[C@H]2C(=O)NCC(=O)C(=O)NC2CC2)C(C)(C)C)CCCCC1. The van der Waals surface area contributed by atoms with Crippen LogP contribution in [0.15, 0.2) is 0 Å². The number of likely N-dealkylation sites (tertiary alicyclic amines) is 1. The molecule has 1 saturated heterocycles. The van der Waals surface area contributed by atoms with E-state index in [2.05, 4.69) is 28.2 Å². The van der Waals surface area contributed by atoms with Gasteiger partial charge in [-0.2, -0.15) is 0 Å². The van der Waals surface area contributed by atoms with Gasteiger partial charge in [0.05, 0.1) is 6.54 Å². The minimum Gasteiger partial charge on any atom is -0.347 e. The number of urea groups is 1. The van der Waals surface area contributed by atoms with Gasteiger partial charge in [-0.3, -0.25) is 19.2 Å². The fourth-order valence-electron chi connectivity index (χ4n) is 5.18. The number of rotatable bonds is 9. The lowest BCUT2D eigenvalue weighted by Gasteiger charge is -2.39. The number of ketones is 1. The first-order valence-corrected chi connectivity index (χ1v) is 13.5. The van der Waals surface area contributed by atoms with Crippen molar-refractivity contribution in [2.45, 2.75) is 116 Å². The predicted molar refractivity (Wildman–Crippen MR) is 135 cm³/mol. The molecule has 202 valence electrons. The van der Waals surface area contributed by atoms with Crippen LogP contribution in [0.4, 0.5) is 4.79 Å². The van der Waals surface area contributed by atoms with E-state index < -0.39 is 41.6 Å². The third-order valence-electron chi connectivity index (χ3n) is 7.68. The predicted octanol–water partition coefficient (Wildman–Crippen LogP) is 1.77. The van der Waals surface area contributed by atoms with Crippen molar-refractivity contribution in [1.29, 1.82) is 0 Å². The van der Waals surface area contributed by atoms with E-state index in [1.54, 1.807) is 0 Å². The van der Waals surface area contributed by atoms with Gasteiger partial charge in [-0.25, -0.2) is 4.79 Å². The second-order valence-electron chi connectivity index (χ2n) is 11.7. The Bertz CT molecular complexity index is 857. The van der Waals surface area contributed by atoms with Gasteiger partial charge < -0.3 is 26.2 Å². The highest BCUT2D eigenvalue weighted by molar-refractivity contribution is 6.37. The molecule has 1 aliphatic heterocycles. The van der Waals surface area contributed by atoms with Crippen molar-refractivity contribution in [3.8, 4) is 0 Å². The van der Waals surface area contributed by atoms with Crippen LogP contribution in [0, 0.1) is 5.41 Å². The summed E-state index contributed by atoms with van der Waals surface area (Å²) < 4.78 is 0. The fourth-order valence-corrected chi connectivity index (χ4v) is 5.18. The van der Waals surface area contributed by atoms with E-state index in [1.165, 1.54) is 11.3 Å². The van der Waals surface area contributed by atoms with Gasteiger partial charge in [0, 0.05) is 18.1 Å². The number of amides is 5. The lowest BCUT2D eigenvalue weighted by Crippen LogP contribution is -2.61. The molecule has 10 nitrogen and oxygen atoms in total. The molecule has 0 aromatic heterocycles. The molecule has 3 rings (SSSR count). The monoisotopic (exact) mass is 505 g/mol. The van der Waals surface area contributed by atoms with Crippen LogP contribution < -0.4 is 21.3 Å². The van der Waals surface area contributed by atoms with E-state index in [1.807, 2.05) is 20.8 Å². The standard InChI is InChI=1S/C26H43N5O5/c1-5-26(13-7-6-8-14-26)30-24(36)29-20(25(2,3)4)23(35)31-15-9-10-18(31)21(33)27-16-19(32)22(34)28-17-11-12-17/h17-18,20H,5-16H2,1-4H3,(H,27,33)(H,28,34)(H2,29,30,36)/t18-,20+/m0/s1. The summed E-state index contributed by atoms with van der Waals surface area (Å²) in [6.45, 7) is 7.71. The average molecular weight is 506 g/mol. The molecule has 0 spiro atoms. The van der Waals surface area contributed by atoms with Crippen LogP contribution >= 0.6 is 0 Å². The topological polar surface area (TPSA) is 137 Å². The second-order valence-corrected chi connectivity index (χ2v) is 11.7. The van der Waals surface area contributed by atoms with Crippen molar-refractivity contribution in [2.75, 3.05) is 13.1 Å². The summed E-state index contributed by atoms with van der Waals surface area (Å²) in [5.74, 6) is -2.17. The third-order valence-corrected chi connectivity index (χ3v) is 7.68. The zero-order chi connectivity index (χ0) is 26.5. The molecule has 0 bridgehead atoms. The fraction of sp³-hybridized carbons (Fsp3) is 0.808. The number of carbonyl (C=O) groups is 5. The zero-order valence-electron chi connectivity index (χ0n) is 22.2. The van der Waals surface area contributed by atoms with Gasteiger partial charge in [-0.05, 0) is 50.4 Å². The van der Waals surface area contributed by atoms with Crippen LogP contribution in [0.5, 0.6) is 0 Å². The second kappa shape index (κ2) is 11.6. The number of carbonyl (C=O) groups excluding carboxylic acids is 5. The molecular formula is C26H43N5O5. The summed E-state index contributed by atoms with van der Waals surface area (Å²) in [5, 5.41) is 11.2. The molecule has 2 saturated carbocycles. The minimum absolute atomic E-state index is 0.0597. The Morgan fingerprint density at radius 3 is 2.22 bits per heavy atom. The maximum absolute atomic E-state index is 13.6. The van der Waals surface area contributed by atoms with E-state index in [-0.39, 0.29) is 23.5 Å². The zero-order valence-corrected chi connectivity index (χ0v) is 22.2. The summed E-state index contributed by atoms with van der Waals surface area (Å²) in [5.41, 5.74) is -0.830. The van der Waals surface area contributed by atoms with Gasteiger partial charge in [0.2, 0.25) is 17.6 Å². The van der Waals surface area contributed by atoms with E-state index in [4.69, 9.17) is 0 Å². The van der Waals surface area contributed by atoms with Crippen LogP contribution in [0.1, 0.15) is 91.9 Å². The van der Waals surface area contributed by atoms with Crippen molar-refractivity contribution in [2.24, 2.45) is 5.41 Å². The Balaban J connectivity index is 1.61. The molecular weight excluding hydrogens is 462 g/mol. The lowest BCUT2D eigenvalue weighted by atomic mass is 9.80. The molecule has 3 fully saturated rings. The Hall–Kier alpha value is -2.65. The van der Waals surface area contributed by atoms with Crippen LogP contribution in [0.3, 0.4) is 0 Å². The molecule has 36 heavy (non-hydrogen) atoms. The quantitative estimate of drug-likeness (QED) is 0.354. The lowest BCUT2D eigenvalue weighted by molar-refractivity contribution is -0.142. The van der Waals surface area contributed by atoms with Crippen molar-refractivity contribution >= 4 is 29.5 Å². The normalized spacial score (nSPS) is 22.3. The van der Waals surface area contributed by atoms with Gasteiger partial charge in [-0.15, -0.1) is 0 Å². The number of hydrogen-bond donors (Lipinski definition) is 4. The van der Waals surface area contributed by atoms with Gasteiger partial charge in [-0.1, -0.05) is 47.0 Å². The Labute approximate surface area is 214 Å². The van der Waals surface area contributed by atoms with E-state index >= 15 is 0 Å². The number of Topliss-reactive ketones (excluding diaryl/α,β-unsaturated/α-hetero) is 1. The summed E-state index contributed by atoms with van der Waals surface area (Å²) >= 11 is 0. The van der Waals surface area contributed by atoms with Gasteiger partial charge in [0.15, 0.2) is 0 Å². The van der Waals surface area contributed by atoms with Crippen molar-refractivity contribution in [3.63, 3.8) is 0 Å². The number of hydrogen-bond acceptors (Lipinski definition) is 5. The van der Waals surface area contributed by atoms with E-state index in [0.717, 1.165) is 44.9 Å². The third kappa shape index (κ3) is 7.20. The molecule has 0 unspecified atom stereocenters. The van der Waals surface area contributed by atoms with Gasteiger partial charge in [0.25, 0.3) is 5.91 Å². The molecule has 10 heteroatoms. The molecule has 3 aliphatic rings. The molecule has 2 aliphatic carbocycles. The summed E-state index contributed by atoms with van der Waals surface area (Å²) in [4.78, 5) is 65.0. The molecule has 2 atom stereocenters. The summed E-state index contributed by atoms with van der Waals surface area (Å²) in [7, 11) is 0. The van der Waals surface area contributed by atoms with E-state index in [0.29, 0.717) is 19.4 Å². The Kier molecular flexibility index (Phi) is 9.00. The highest BCUT2D eigenvalue weighted by atomic mass is 16.2. The first-order chi connectivity index (χ1) is 17.0. The average Bonchev–Trinajstić information content (AvgIpc) is 3.51. The molecule has 1 heterocycles. The van der Waals surface area contributed by atoms with Crippen molar-refractivity contribution in [3.05, 3.63) is 0 Å². The van der Waals surface area contributed by atoms with Crippen LogP contribution in [-0.4, -0.2) is 71.2 Å². The van der Waals surface area contributed by atoms with Crippen LogP contribution in [0.2, 0.25) is 0 Å². The smallest absolute Gasteiger partial charge is 0.315 e. The van der Waals surface area contributed by atoms with E-state index in [9.17, 15) is 24.0 Å². The van der Waals surface area contributed by atoms with Crippen LogP contribution in [0.25, 0.3) is 0 Å². The highest BCUT2D eigenvalue weighted by Gasteiger charge is 2.43. The van der Waals surface area contributed by atoms with Gasteiger partial charge in [0.1, 0.15) is 12.1 Å². The number of nitrogens with one attached hydrogen (secondary N) is 4. The highest BCUT2D eigenvalue weighted by Crippen LogP contribution is 2.31. The molecule has 0 aromatic rings. The van der Waals surface area contributed by atoms with Gasteiger partial charge >= 0.3 is 6.03 Å². The maximum Gasteiger partial charge on any atom is 0.315 e. The summed E-state index contributed by atoms with van der Waals surface area (Å²) in [6, 6.07) is -1.87. The first kappa shape index (κ1) is 27.9.